The fourth-order valence-corrected chi connectivity index (χ4v) is 2.67. The minimum absolute atomic E-state index is 0.00829. The van der Waals surface area contributed by atoms with E-state index in [0.29, 0.717) is 30.9 Å². The summed E-state index contributed by atoms with van der Waals surface area (Å²) in [5.41, 5.74) is 0.573. The van der Waals surface area contributed by atoms with Crippen molar-refractivity contribution in [2.45, 2.75) is 24.2 Å². The van der Waals surface area contributed by atoms with Gasteiger partial charge in [-0.3, -0.25) is 4.79 Å². The number of sulfonamides is 1. The number of primary sulfonamides is 1. The van der Waals surface area contributed by atoms with Gasteiger partial charge in [-0.05, 0) is 31.5 Å². The summed E-state index contributed by atoms with van der Waals surface area (Å²) in [5, 5.41) is 7.84. The molecule has 0 radical (unpaired) electrons. The number of hydrogen-bond donors (Lipinski definition) is 2. The average molecular weight is 284 g/mol. The summed E-state index contributed by atoms with van der Waals surface area (Å²) in [6.45, 7) is 2.79. The van der Waals surface area contributed by atoms with Gasteiger partial charge in [-0.15, -0.1) is 0 Å². The van der Waals surface area contributed by atoms with Crippen LogP contribution in [0, 0.1) is 0 Å². The van der Waals surface area contributed by atoms with E-state index in [9.17, 15) is 13.2 Å². The normalized spacial score (nSPS) is 18.3. The molecule has 1 aliphatic rings. The third kappa shape index (κ3) is 2.87. The number of fused-ring (bicyclic) bond motifs is 1. The lowest BCUT2D eigenvalue weighted by molar-refractivity contribution is -0.123. The summed E-state index contributed by atoms with van der Waals surface area (Å²) in [5.74, 6) is 0.0129. The van der Waals surface area contributed by atoms with Crippen molar-refractivity contribution in [1.29, 1.82) is 0 Å². The van der Waals surface area contributed by atoms with Gasteiger partial charge in [0, 0.05) is 12.1 Å². The van der Waals surface area contributed by atoms with Gasteiger partial charge in [-0.2, -0.15) is 0 Å². The van der Waals surface area contributed by atoms with E-state index in [4.69, 9.17) is 9.88 Å². The summed E-state index contributed by atoms with van der Waals surface area (Å²) in [7, 11) is -3.78. The second kappa shape index (κ2) is 5.18. The zero-order valence-electron chi connectivity index (χ0n) is 10.5. The molecule has 1 heterocycles. The van der Waals surface area contributed by atoms with Crippen molar-refractivity contribution in [3.8, 4) is 5.75 Å². The molecule has 1 aromatic carbocycles. The monoisotopic (exact) mass is 284 g/mol. The van der Waals surface area contributed by atoms with Gasteiger partial charge in [0.15, 0.2) is 0 Å². The van der Waals surface area contributed by atoms with E-state index < -0.39 is 15.9 Å². The SMILES string of the molecule is CCNC(=O)C1CCOc2ccc(S(N)(=O)=O)cc21. The van der Waals surface area contributed by atoms with Crippen molar-refractivity contribution < 1.29 is 17.9 Å². The second-order valence-corrected chi connectivity index (χ2v) is 5.89. The topological polar surface area (TPSA) is 98.5 Å². The quantitative estimate of drug-likeness (QED) is 0.836. The maximum atomic E-state index is 12.0. The van der Waals surface area contributed by atoms with Crippen LogP contribution in [0.1, 0.15) is 24.8 Å². The van der Waals surface area contributed by atoms with Crippen molar-refractivity contribution in [2.24, 2.45) is 5.14 Å². The molecule has 0 fully saturated rings. The summed E-state index contributed by atoms with van der Waals surface area (Å²) in [4.78, 5) is 12.0. The highest BCUT2D eigenvalue weighted by atomic mass is 32.2. The van der Waals surface area contributed by atoms with E-state index in [2.05, 4.69) is 5.32 Å². The Morgan fingerprint density at radius 3 is 2.89 bits per heavy atom. The van der Waals surface area contributed by atoms with Gasteiger partial charge >= 0.3 is 0 Å². The first kappa shape index (κ1) is 13.8. The first-order valence-corrected chi connectivity index (χ1v) is 7.55. The minimum atomic E-state index is -3.78. The Morgan fingerprint density at radius 1 is 1.53 bits per heavy atom. The number of amides is 1. The van der Waals surface area contributed by atoms with Crippen LogP contribution in [0.5, 0.6) is 5.75 Å². The molecule has 7 heteroatoms. The average Bonchev–Trinajstić information content (AvgIpc) is 2.36. The van der Waals surface area contributed by atoms with Crippen LogP contribution in [0.3, 0.4) is 0 Å². The number of carbonyl (C=O) groups excluding carboxylic acids is 1. The number of hydrogen-bond acceptors (Lipinski definition) is 4. The zero-order valence-corrected chi connectivity index (χ0v) is 11.4. The fourth-order valence-electron chi connectivity index (χ4n) is 2.12. The van der Waals surface area contributed by atoms with E-state index >= 15 is 0 Å². The minimum Gasteiger partial charge on any atom is -0.493 e. The molecular formula is C12H16N2O4S. The van der Waals surface area contributed by atoms with Crippen LogP contribution in [-0.4, -0.2) is 27.5 Å². The third-order valence-electron chi connectivity index (χ3n) is 3.02. The molecule has 0 bridgehead atoms. The summed E-state index contributed by atoms with van der Waals surface area (Å²) < 4.78 is 28.1. The number of likely N-dealkylation sites (N-methyl/N-ethyl adjacent to an activating group) is 1. The van der Waals surface area contributed by atoms with Gasteiger partial charge in [-0.1, -0.05) is 0 Å². The molecule has 0 aromatic heterocycles. The van der Waals surface area contributed by atoms with Crippen molar-refractivity contribution in [3.63, 3.8) is 0 Å². The van der Waals surface area contributed by atoms with Crippen molar-refractivity contribution in [3.05, 3.63) is 23.8 Å². The van der Waals surface area contributed by atoms with Crippen molar-refractivity contribution in [2.75, 3.05) is 13.2 Å². The third-order valence-corrected chi connectivity index (χ3v) is 3.93. The Kier molecular flexibility index (Phi) is 3.77. The molecule has 104 valence electrons. The van der Waals surface area contributed by atoms with Crippen molar-refractivity contribution in [1.82, 2.24) is 5.32 Å². The lowest BCUT2D eigenvalue weighted by Gasteiger charge is -2.25. The molecule has 2 rings (SSSR count). The Hall–Kier alpha value is -1.60. The highest BCUT2D eigenvalue weighted by Crippen LogP contribution is 2.35. The second-order valence-electron chi connectivity index (χ2n) is 4.33. The van der Waals surface area contributed by atoms with Gasteiger partial charge < -0.3 is 10.1 Å². The number of rotatable bonds is 3. The highest BCUT2D eigenvalue weighted by Gasteiger charge is 2.28. The number of nitrogens with two attached hydrogens (primary N) is 1. The van der Waals surface area contributed by atoms with E-state index in [1.807, 2.05) is 6.92 Å². The standard InChI is InChI=1S/C12H16N2O4S/c1-2-14-12(15)9-5-6-18-11-4-3-8(7-10(9)11)19(13,16)17/h3-4,7,9H,2,5-6H2,1H3,(H,14,15)(H2,13,16,17). The number of ether oxygens (including phenoxy) is 1. The Bertz CT molecular complexity index is 598. The van der Waals surface area contributed by atoms with Crippen LogP contribution < -0.4 is 15.2 Å². The number of carbonyl (C=O) groups is 1. The Morgan fingerprint density at radius 2 is 2.26 bits per heavy atom. The van der Waals surface area contributed by atoms with Gasteiger partial charge in [0.25, 0.3) is 0 Å². The molecule has 6 nitrogen and oxygen atoms in total. The van der Waals surface area contributed by atoms with Crippen LogP contribution >= 0.6 is 0 Å². The van der Waals surface area contributed by atoms with Crippen LogP contribution in [0.4, 0.5) is 0 Å². The van der Waals surface area contributed by atoms with E-state index in [0.717, 1.165) is 0 Å². The largest absolute Gasteiger partial charge is 0.493 e. The lowest BCUT2D eigenvalue weighted by Crippen LogP contribution is -2.32. The molecule has 1 amide bonds. The van der Waals surface area contributed by atoms with Gasteiger partial charge in [0.05, 0.1) is 17.4 Å². The van der Waals surface area contributed by atoms with Crippen LogP contribution in [0.2, 0.25) is 0 Å². The predicted molar refractivity (Wildman–Crippen MR) is 69.4 cm³/mol. The molecule has 0 saturated carbocycles. The first-order chi connectivity index (χ1) is 8.93. The summed E-state index contributed by atoms with van der Waals surface area (Å²) in [6, 6.07) is 4.35. The summed E-state index contributed by atoms with van der Waals surface area (Å²) in [6.07, 6.45) is 0.521. The Labute approximate surface area is 112 Å². The van der Waals surface area contributed by atoms with Crippen molar-refractivity contribution >= 4 is 15.9 Å². The molecule has 1 aliphatic heterocycles. The van der Waals surface area contributed by atoms with Gasteiger partial charge in [-0.25, -0.2) is 13.6 Å². The molecule has 3 N–H and O–H groups in total. The van der Waals surface area contributed by atoms with E-state index in [1.165, 1.54) is 12.1 Å². The smallest absolute Gasteiger partial charge is 0.238 e. The number of nitrogens with one attached hydrogen (secondary N) is 1. The maximum Gasteiger partial charge on any atom is 0.238 e. The van der Waals surface area contributed by atoms with E-state index in [-0.39, 0.29) is 10.8 Å². The van der Waals surface area contributed by atoms with E-state index in [1.54, 1.807) is 6.07 Å². The number of benzene rings is 1. The first-order valence-electron chi connectivity index (χ1n) is 6.00. The Balaban J connectivity index is 2.44. The molecule has 1 unspecified atom stereocenters. The molecule has 1 aromatic rings. The van der Waals surface area contributed by atoms with Crippen LogP contribution in [0.15, 0.2) is 23.1 Å². The molecule has 0 aliphatic carbocycles. The molecule has 19 heavy (non-hydrogen) atoms. The zero-order chi connectivity index (χ0) is 14.0. The highest BCUT2D eigenvalue weighted by molar-refractivity contribution is 7.89. The fraction of sp³-hybridized carbons (Fsp3) is 0.417. The van der Waals surface area contributed by atoms with Crippen LogP contribution in [-0.2, 0) is 14.8 Å². The van der Waals surface area contributed by atoms with Crippen LogP contribution in [0.25, 0.3) is 0 Å². The molecule has 1 atom stereocenters. The predicted octanol–water partition coefficient (Wildman–Crippen LogP) is 0.336. The van der Waals surface area contributed by atoms with Gasteiger partial charge in [0.2, 0.25) is 15.9 Å². The molecule has 0 saturated heterocycles. The maximum absolute atomic E-state index is 12.0. The lowest BCUT2D eigenvalue weighted by atomic mass is 9.92. The summed E-state index contributed by atoms with van der Waals surface area (Å²) >= 11 is 0. The molecule has 0 spiro atoms. The molecular weight excluding hydrogens is 268 g/mol. The van der Waals surface area contributed by atoms with Gasteiger partial charge in [0.1, 0.15) is 5.75 Å².